The number of amides is 1. The number of carbonyl (C=O) groups is 2. The molecular weight excluding hydrogens is 384 g/mol. The number of nitrogens with zero attached hydrogens (tertiary/aromatic N) is 1. The zero-order valence-corrected chi connectivity index (χ0v) is 16.7. The molecule has 1 aromatic heterocycles. The number of anilines is 1. The van der Waals surface area contributed by atoms with Crippen LogP contribution in [0.3, 0.4) is 0 Å². The van der Waals surface area contributed by atoms with Crippen molar-refractivity contribution in [2.75, 3.05) is 5.32 Å². The Hall–Kier alpha value is -3.25. The van der Waals surface area contributed by atoms with E-state index < -0.39 is 12.1 Å². The van der Waals surface area contributed by atoms with E-state index in [0.717, 1.165) is 26.0 Å². The van der Waals surface area contributed by atoms with Gasteiger partial charge < -0.3 is 10.1 Å². The lowest BCUT2D eigenvalue weighted by atomic mass is 10.1. The molecule has 0 saturated heterocycles. The van der Waals surface area contributed by atoms with E-state index in [2.05, 4.69) is 10.3 Å². The number of benzene rings is 3. The van der Waals surface area contributed by atoms with Gasteiger partial charge in [0.25, 0.3) is 5.91 Å². The Kier molecular flexibility index (Phi) is 5.53. The third kappa shape index (κ3) is 4.43. The number of aryl methyl sites for hydroxylation is 1. The van der Waals surface area contributed by atoms with Crippen LogP contribution in [-0.4, -0.2) is 23.0 Å². The number of hydrogen-bond acceptors (Lipinski definition) is 5. The first-order valence-electron chi connectivity index (χ1n) is 9.43. The summed E-state index contributed by atoms with van der Waals surface area (Å²) < 4.78 is 6.41. The molecule has 4 aromatic rings. The molecule has 6 heteroatoms. The summed E-state index contributed by atoms with van der Waals surface area (Å²) in [5.41, 5.74) is 1.63. The quantitative estimate of drug-likeness (QED) is 0.462. The Balaban J connectivity index is 1.33. The maximum absolute atomic E-state index is 12.5. The number of esters is 1. The average Bonchev–Trinajstić information content (AvgIpc) is 3.15. The van der Waals surface area contributed by atoms with Crippen LogP contribution in [0.15, 0.2) is 66.7 Å². The molecule has 0 unspecified atom stereocenters. The highest BCUT2D eigenvalue weighted by molar-refractivity contribution is 7.18. The van der Waals surface area contributed by atoms with Crippen LogP contribution >= 0.6 is 11.3 Å². The van der Waals surface area contributed by atoms with Gasteiger partial charge in [-0.05, 0) is 30.5 Å². The molecule has 0 spiro atoms. The zero-order valence-electron chi connectivity index (χ0n) is 15.9. The predicted octanol–water partition coefficient (Wildman–Crippen LogP) is 4.95. The molecule has 3 aromatic carbocycles. The van der Waals surface area contributed by atoms with Crippen LogP contribution in [0, 0.1) is 0 Å². The zero-order chi connectivity index (χ0) is 20.2. The third-order valence-electron chi connectivity index (χ3n) is 4.61. The first-order chi connectivity index (χ1) is 14.1. The number of rotatable bonds is 6. The van der Waals surface area contributed by atoms with Gasteiger partial charge in [0.15, 0.2) is 6.10 Å². The second-order valence-electron chi connectivity index (χ2n) is 6.72. The van der Waals surface area contributed by atoms with Gasteiger partial charge in [-0.25, -0.2) is 4.98 Å². The van der Waals surface area contributed by atoms with Crippen LogP contribution in [0.2, 0.25) is 0 Å². The van der Waals surface area contributed by atoms with Crippen molar-refractivity contribution in [3.8, 4) is 0 Å². The molecule has 0 aliphatic carbocycles. The Bertz CT molecular complexity index is 1150. The van der Waals surface area contributed by atoms with Crippen molar-refractivity contribution in [1.29, 1.82) is 0 Å². The van der Waals surface area contributed by atoms with Crippen LogP contribution in [-0.2, 0) is 20.7 Å². The summed E-state index contributed by atoms with van der Waals surface area (Å²) in [6.45, 7) is 1.58. The lowest BCUT2D eigenvalue weighted by molar-refractivity contribution is -0.153. The first-order valence-corrected chi connectivity index (χ1v) is 10.2. The van der Waals surface area contributed by atoms with Crippen LogP contribution in [0.1, 0.15) is 18.4 Å². The van der Waals surface area contributed by atoms with Gasteiger partial charge in [0.2, 0.25) is 0 Å². The Morgan fingerprint density at radius 1 is 1.03 bits per heavy atom. The summed E-state index contributed by atoms with van der Waals surface area (Å²) in [5, 5.41) is 5.72. The smallest absolute Gasteiger partial charge is 0.306 e. The number of thiazole rings is 1. The molecule has 1 N–H and O–H groups in total. The lowest BCUT2D eigenvalue weighted by Gasteiger charge is -2.14. The van der Waals surface area contributed by atoms with E-state index in [0.29, 0.717) is 12.1 Å². The molecule has 1 amide bonds. The van der Waals surface area contributed by atoms with Crippen LogP contribution in [0.5, 0.6) is 0 Å². The van der Waals surface area contributed by atoms with Crippen LogP contribution in [0.25, 0.3) is 21.0 Å². The number of para-hydroxylation sites is 1. The van der Waals surface area contributed by atoms with E-state index in [4.69, 9.17) is 4.74 Å². The van der Waals surface area contributed by atoms with Crippen molar-refractivity contribution in [2.45, 2.75) is 25.9 Å². The summed E-state index contributed by atoms with van der Waals surface area (Å²) in [6, 6.07) is 21.4. The van der Waals surface area contributed by atoms with Gasteiger partial charge in [-0.15, -0.1) is 11.3 Å². The fourth-order valence-corrected chi connectivity index (χ4v) is 4.08. The van der Waals surface area contributed by atoms with E-state index >= 15 is 0 Å². The van der Waals surface area contributed by atoms with Gasteiger partial charge in [0.05, 0.1) is 21.6 Å². The number of aromatic nitrogens is 1. The van der Waals surface area contributed by atoms with Crippen molar-refractivity contribution < 1.29 is 14.3 Å². The van der Waals surface area contributed by atoms with Gasteiger partial charge in [0.1, 0.15) is 0 Å². The highest BCUT2D eigenvalue weighted by Crippen LogP contribution is 2.24. The maximum atomic E-state index is 12.5. The molecule has 0 bridgehead atoms. The van der Waals surface area contributed by atoms with Crippen molar-refractivity contribution in [2.24, 2.45) is 0 Å². The summed E-state index contributed by atoms with van der Waals surface area (Å²) in [5.74, 6) is -0.764. The van der Waals surface area contributed by atoms with Crippen molar-refractivity contribution in [3.05, 3.63) is 71.7 Å². The molecule has 4 rings (SSSR count). The summed E-state index contributed by atoms with van der Waals surface area (Å²) in [7, 11) is 0. The topological polar surface area (TPSA) is 68.3 Å². The summed E-state index contributed by atoms with van der Waals surface area (Å²) in [4.78, 5) is 29.2. The van der Waals surface area contributed by atoms with Gasteiger partial charge in [0, 0.05) is 17.5 Å². The fraction of sp³-hybridized carbons (Fsp3) is 0.174. The maximum Gasteiger partial charge on any atom is 0.306 e. The van der Waals surface area contributed by atoms with E-state index in [1.807, 2.05) is 66.7 Å². The van der Waals surface area contributed by atoms with Crippen LogP contribution < -0.4 is 5.32 Å². The number of fused-ring (bicyclic) bond motifs is 2. The molecule has 0 aliphatic heterocycles. The lowest BCUT2D eigenvalue weighted by Crippen LogP contribution is -2.30. The molecule has 146 valence electrons. The summed E-state index contributed by atoms with van der Waals surface area (Å²) in [6.07, 6.45) is -0.196. The summed E-state index contributed by atoms with van der Waals surface area (Å²) >= 11 is 1.57. The molecule has 1 heterocycles. The highest BCUT2D eigenvalue weighted by Gasteiger charge is 2.19. The molecule has 0 fully saturated rings. The monoisotopic (exact) mass is 404 g/mol. The molecule has 0 radical (unpaired) electrons. The minimum atomic E-state index is -0.878. The first kappa shape index (κ1) is 19.1. The molecule has 29 heavy (non-hydrogen) atoms. The van der Waals surface area contributed by atoms with E-state index in [-0.39, 0.29) is 12.3 Å². The standard InChI is InChI=1S/C23H20N2O3S/c1-15(23(27)25-18-11-6-8-16-7-2-3-9-17(16)18)28-22(26)14-13-21-24-19-10-4-5-12-20(19)29-21/h2-12,15H,13-14H2,1H3,(H,25,27)/t15-/m1/s1. The van der Waals surface area contributed by atoms with E-state index in [1.54, 1.807) is 18.3 Å². The van der Waals surface area contributed by atoms with E-state index in [1.165, 1.54) is 0 Å². The van der Waals surface area contributed by atoms with Gasteiger partial charge >= 0.3 is 5.97 Å². The molecule has 1 atom stereocenters. The van der Waals surface area contributed by atoms with Gasteiger partial charge in [-0.2, -0.15) is 0 Å². The predicted molar refractivity (Wildman–Crippen MR) is 116 cm³/mol. The van der Waals surface area contributed by atoms with Crippen molar-refractivity contribution in [1.82, 2.24) is 4.98 Å². The fourth-order valence-electron chi connectivity index (χ4n) is 3.11. The van der Waals surface area contributed by atoms with Crippen LogP contribution in [0.4, 0.5) is 5.69 Å². The Morgan fingerprint density at radius 3 is 2.66 bits per heavy atom. The van der Waals surface area contributed by atoms with Gasteiger partial charge in [-0.1, -0.05) is 48.5 Å². The number of carbonyl (C=O) groups excluding carboxylic acids is 2. The SMILES string of the molecule is C[C@@H](OC(=O)CCc1nc2ccccc2s1)C(=O)Nc1cccc2ccccc12. The minimum Gasteiger partial charge on any atom is -0.453 e. The number of nitrogens with one attached hydrogen (secondary N) is 1. The number of ether oxygens (including phenoxy) is 1. The Morgan fingerprint density at radius 2 is 1.79 bits per heavy atom. The molecule has 0 aliphatic rings. The molecule has 0 saturated carbocycles. The second-order valence-corrected chi connectivity index (χ2v) is 7.84. The molecular formula is C23H20N2O3S. The van der Waals surface area contributed by atoms with E-state index in [9.17, 15) is 9.59 Å². The third-order valence-corrected chi connectivity index (χ3v) is 5.70. The second kappa shape index (κ2) is 8.41. The normalized spacial score (nSPS) is 12.0. The number of hydrogen-bond donors (Lipinski definition) is 1. The van der Waals surface area contributed by atoms with Crippen molar-refractivity contribution >= 4 is 49.9 Å². The van der Waals surface area contributed by atoms with Crippen molar-refractivity contribution in [3.63, 3.8) is 0 Å². The largest absolute Gasteiger partial charge is 0.453 e. The minimum absolute atomic E-state index is 0.186. The Labute approximate surface area is 172 Å². The molecule has 5 nitrogen and oxygen atoms in total. The average molecular weight is 404 g/mol. The highest BCUT2D eigenvalue weighted by atomic mass is 32.1. The van der Waals surface area contributed by atoms with Gasteiger partial charge in [-0.3, -0.25) is 9.59 Å².